The van der Waals surface area contributed by atoms with Crippen LogP contribution < -0.4 is 10.6 Å². The van der Waals surface area contributed by atoms with Crippen LogP contribution in [0.3, 0.4) is 0 Å². The van der Waals surface area contributed by atoms with Crippen LogP contribution in [-0.2, 0) is 0 Å². The number of aryl methyl sites for hydroxylation is 2. The minimum atomic E-state index is -0.0294. The Morgan fingerprint density at radius 2 is 2.35 bits per heavy atom. The van der Waals surface area contributed by atoms with Crippen molar-refractivity contribution in [3.05, 3.63) is 28.5 Å². The molecule has 1 unspecified atom stereocenters. The van der Waals surface area contributed by atoms with Crippen molar-refractivity contribution in [2.45, 2.75) is 33.1 Å². The second-order valence-electron chi connectivity index (χ2n) is 6.10. The van der Waals surface area contributed by atoms with Crippen molar-refractivity contribution < 1.29 is 9.21 Å². The lowest BCUT2D eigenvalue weighted by Crippen LogP contribution is -2.33. The van der Waals surface area contributed by atoms with Crippen molar-refractivity contribution >= 4 is 17.2 Å². The van der Waals surface area contributed by atoms with Gasteiger partial charge in [0.1, 0.15) is 10.6 Å². The molecular formula is C17H23N3O2S. The topological polar surface area (TPSA) is 67.2 Å². The third-order valence-corrected chi connectivity index (χ3v) is 5.36. The van der Waals surface area contributed by atoms with Gasteiger partial charge in [-0.3, -0.25) is 4.79 Å². The maximum absolute atomic E-state index is 12.4. The number of amides is 1. The van der Waals surface area contributed by atoms with Crippen LogP contribution in [0.25, 0.3) is 10.8 Å². The van der Waals surface area contributed by atoms with Gasteiger partial charge in [0.05, 0.1) is 5.69 Å². The van der Waals surface area contributed by atoms with Gasteiger partial charge >= 0.3 is 0 Å². The lowest BCUT2D eigenvalue weighted by Gasteiger charge is -2.22. The minimum Gasteiger partial charge on any atom is -0.459 e. The third-order valence-electron chi connectivity index (χ3n) is 4.19. The predicted molar refractivity (Wildman–Crippen MR) is 91.8 cm³/mol. The van der Waals surface area contributed by atoms with E-state index in [4.69, 9.17) is 4.42 Å². The Kier molecular flexibility index (Phi) is 5.13. The maximum Gasteiger partial charge on any atom is 0.263 e. The molecule has 0 aromatic carbocycles. The summed E-state index contributed by atoms with van der Waals surface area (Å²) in [5, 5.41) is 7.20. The number of hydrogen-bond acceptors (Lipinski definition) is 5. The first-order valence-corrected chi connectivity index (χ1v) is 8.98. The van der Waals surface area contributed by atoms with Gasteiger partial charge in [0.25, 0.3) is 5.91 Å². The summed E-state index contributed by atoms with van der Waals surface area (Å²) in [5.41, 5.74) is 0.760. The van der Waals surface area contributed by atoms with Gasteiger partial charge in [-0.1, -0.05) is 0 Å². The number of piperidine rings is 1. The summed E-state index contributed by atoms with van der Waals surface area (Å²) in [7, 11) is 0. The van der Waals surface area contributed by atoms with E-state index in [1.54, 1.807) is 0 Å². The van der Waals surface area contributed by atoms with Gasteiger partial charge in [-0.25, -0.2) is 4.98 Å². The first-order chi connectivity index (χ1) is 11.1. The number of thiazole rings is 1. The molecule has 3 heterocycles. The molecule has 1 fully saturated rings. The molecule has 1 atom stereocenters. The second kappa shape index (κ2) is 7.27. The van der Waals surface area contributed by atoms with E-state index in [9.17, 15) is 4.79 Å². The minimum absolute atomic E-state index is 0.0294. The molecule has 124 valence electrons. The largest absolute Gasteiger partial charge is 0.459 e. The van der Waals surface area contributed by atoms with Gasteiger partial charge in [0.15, 0.2) is 10.8 Å². The summed E-state index contributed by atoms with van der Waals surface area (Å²) in [5.74, 6) is 2.22. The molecule has 5 nitrogen and oxygen atoms in total. The van der Waals surface area contributed by atoms with E-state index in [0.29, 0.717) is 10.8 Å². The Morgan fingerprint density at radius 1 is 1.48 bits per heavy atom. The molecule has 1 saturated heterocycles. The Balaban J connectivity index is 1.57. The Morgan fingerprint density at radius 3 is 3.04 bits per heavy atom. The Hall–Kier alpha value is -1.66. The number of carbonyl (C=O) groups excluding carboxylic acids is 1. The summed E-state index contributed by atoms with van der Waals surface area (Å²) < 4.78 is 5.59. The molecule has 6 heteroatoms. The number of nitrogens with zero attached hydrogens (tertiary/aromatic N) is 1. The van der Waals surface area contributed by atoms with Crippen LogP contribution in [0.15, 0.2) is 16.5 Å². The van der Waals surface area contributed by atoms with E-state index < -0.39 is 0 Å². The highest BCUT2D eigenvalue weighted by Gasteiger charge is 2.18. The van der Waals surface area contributed by atoms with Crippen molar-refractivity contribution in [1.82, 2.24) is 15.6 Å². The fourth-order valence-electron chi connectivity index (χ4n) is 2.90. The van der Waals surface area contributed by atoms with E-state index in [2.05, 4.69) is 15.6 Å². The van der Waals surface area contributed by atoms with Crippen molar-refractivity contribution in [3.8, 4) is 10.8 Å². The fourth-order valence-corrected chi connectivity index (χ4v) is 3.85. The highest BCUT2D eigenvalue weighted by Crippen LogP contribution is 2.29. The average molecular weight is 333 g/mol. The number of furan rings is 1. The van der Waals surface area contributed by atoms with Crippen molar-refractivity contribution in [3.63, 3.8) is 0 Å². The molecule has 0 aliphatic carbocycles. The van der Waals surface area contributed by atoms with E-state index in [1.807, 2.05) is 26.0 Å². The first-order valence-electron chi connectivity index (χ1n) is 8.16. The monoisotopic (exact) mass is 333 g/mol. The van der Waals surface area contributed by atoms with Crippen LogP contribution in [0.4, 0.5) is 0 Å². The van der Waals surface area contributed by atoms with Crippen molar-refractivity contribution in [2.75, 3.05) is 19.6 Å². The Labute approximate surface area is 140 Å². The van der Waals surface area contributed by atoms with Crippen LogP contribution in [0.1, 0.15) is 40.4 Å². The summed E-state index contributed by atoms with van der Waals surface area (Å²) in [4.78, 5) is 17.5. The van der Waals surface area contributed by atoms with Crippen LogP contribution in [0, 0.1) is 19.8 Å². The van der Waals surface area contributed by atoms with Gasteiger partial charge in [0, 0.05) is 6.54 Å². The molecule has 1 aliphatic heterocycles. The Bertz CT molecular complexity index is 671. The van der Waals surface area contributed by atoms with Crippen molar-refractivity contribution in [1.29, 1.82) is 0 Å². The normalized spacial score (nSPS) is 18.1. The lowest BCUT2D eigenvalue weighted by atomic mass is 9.96. The standard InChI is InChI=1S/C17H23N3O2S/c1-11-5-6-14(22-11)17-20-12(2)15(23-17)16(21)19-9-7-13-4-3-8-18-10-13/h5-6,13,18H,3-4,7-10H2,1-2H3,(H,19,21). The second-order valence-corrected chi connectivity index (χ2v) is 7.10. The van der Waals surface area contributed by atoms with Crippen LogP contribution in [0.5, 0.6) is 0 Å². The molecule has 0 radical (unpaired) electrons. The number of rotatable bonds is 5. The lowest BCUT2D eigenvalue weighted by molar-refractivity contribution is 0.0954. The van der Waals surface area contributed by atoms with Gasteiger partial charge < -0.3 is 15.1 Å². The molecule has 0 bridgehead atoms. The molecule has 2 aromatic heterocycles. The summed E-state index contributed by atoms with van der Waals surface area (Å²) in [6, 6.07) is 3.80. The van der Waals surface area contributed by atoms with Crippen molar-refractivity contribution in [2.24, 2.45) is 5.92 Å². The zero-order chi connectivity index (χ0) is 16.2. The molecule has 1 aliphatic rings. The molecule has 2 N–H and O–H groups in total. The van der Waals surface area contributed by atoms with Crippen LogP contribution >= 0.6 is 11.3 Å². The molecule has 1 amide bonds. The highest BCUT2D eigenvalue weighted by molar-refractivity contribution is 7.17. The summed E-state index contributed by atoms with van der Waals surface area (Å²) >= 11 is 1.39. The quantitative estimate of drug-likeness (QED) is 0.882. The van der Waals surface area contributed by atoms with E-state index in [-0.39, 0.29) is 5.91 Å². The number of carbonyl (C=O) groups is 1. The van der Waals surface area contributed by atoms with Crippen LogP contribution in [0.2, 0.25) is 0 Å². The molecule has 0 saturated carbocycles. The number of aromatic nitrogens is 1. The zero-order valence-electron chi connectivity index (χ0n) is 13.6. The molecule has 23 heavy (non-hydrogen) atoms. The number of hydrogen-bond donors (Lipinski definition) is 2. The first kappa shape index (κ1) is 16.2. The van der Waals surface area contributed by atoms with Crippen LogP contribution in [-0.4, -0.2) is 30.5 Å². The van der Waals surface area contributed by atoms with Gasteiger partial charge in [-0.05, 0) is 64.3 Å². The predicted octanol–water partition coefficient (Wildman–Crippen LogP) is 3.14. The number of nitrogens with one attached hydrogen (secondary N) is 2. The van der Waals surface area contributed by atoms with Gasteiger partial charge in [0.2, 0.25) is 0 Å². The third kappa shape index (κ3) is 4.00. The van der Waals surface area contributed by atoms with Gasteiger partial charge in [-0.15, -0.1) is 11.3 Å². The average Bonchev–Trinajstić information content (AvgIpc) is 3.14. The maximum atomic E-state index is 12.4. The van der Waals surface area contributed by atoms with E-state index in [0.717, 1.165) is 48.3 Å². The SMILES string of the molecule is Cc1ccc(-c2nc(C)c(C(=O)NCCC3CCCNC3)s2)o1. The fraction of sp³-hybridized carbons (Fsp3) is 0.529. The molecule has 2 aromatic rings. The van der Waals surface area contributed by atoms with E-state index in [1.165, 1.54) is 24.2 Å². The molecule has 3 rings (SSSR count). The highest BCUT2D eigenvalue weighted by atomic mass is 32.1. The smallest absolute Gasteiger partial charge is 0.263 e. The van der Waals surface area contributed by atoms with Gasteiger partial charge in [-0.2, -0.15) is 0 Å². The zero-order valence-corrected chi connectivity index (χ0v) is 14.5. The molecular weight excluding hydrogens is 310 g/mol. The summed E-state index contributed by atoms with van der Waals surface area (Å²) in [6.07, 6.45) is 3.52. The molecule has 0 spiro atoms. The van der Waals surface area contributed by atoms with E-state index >= 15 is 0 Å². The summed E-state index contributed by atoms with van der Waals surface area (Å²) in [6.45, 7) is 6.68.